The summed E-state index contributed by atoms with van der Waals surface area (Å²) in [7, 11) is -4.56. The molecular formula is C34H54O7S. The van der Waals surface area contributed by atoms with Crippen molar-refractivity contribution in [3.05, 3.63) is 53.6 Å². The fraction of sp³-hybridized carbons (Fsp3) is 0.647. The molecule has 1 rings (SSSR count). The van der Waals surface area contributed by atoms with Gasteiger partial charge in [-0.2, -0.15) is 8.42 Å². The molecule has 1 aromatic rings. The van der Waals surface area contributed by atoms with Gasteiger partial charge in [0.2, 0.25) is 0 Å². The minimum Gasteiger partial charge on any atom is -0.462 e. The van der Waals surface area contributed by atoms with Crippen molar-refractivity contribution in [1.29, 1.82) is 0 Å². The van der Waals surface area contributed by atoms with Crippen LogP contribution in [0, 0.1) is 0 Å². The second-order valence-electron chi connectivity index (χ2n) is 10.8. The Bertz CT molecular complexity index is 1040. The summed E-state index contributed by atoms with van der Waals surface area (Å²) in [5.41, 5.74) is -0.305. The lowest BCUT2D eigenvalue weighted by Gasteiger charge is -2.11. The van der Waals surface area contributed by atoms with Crippen LogP contribution in [0.4, 0.5) is 0 Å². The largest absolute Gasteiger partial charge is 0.462 e. The molecule has 1 N–H and O–H groups in total. The van der Waals surface area contributed by atoms with Gasteiger partial charge in [0, 0.05) is 0 Å². The molecule has 0 heterocycles. The first-order valence-corrected chi connectivity index (χ1v) is 17.5. The van der Waals surface area contributed by atoms with Crippen LogP contribution in [-0.4, -0.2) is 38.1 Å². The summed E-state index contributed by atoms with van der Waals surface area (Å²) >= 11 is 0. The van der Waals surface area contributed by atoms with Crippen molar-refractivity contribution >= 4 is 22.1 Å². The molecule has 7 nitrogen and oxygen atoms in total. The Balaban J connectivity index is 2.45. The quantitative estimate of drug-likeness (QED) is 0.0511. The molecule has 0 aliphatic rings. The molecule has 0 unspecified atom stereocenters. The Morgan fingerprint density at radius 3 is 1.45 bits per heavy atom. The van der Waals surface area contributed by atoms with E-state index < -0.39 is 27.0 Å². The zero-order valence-corrected chi connectivity index (χ0v) is 26.8. The van der Waals surface area contributed by atoms with Gasteiger partial charge >= 0.3 is 11.9 Å². The van der Waals surface area contributed by atoms with Crippen LogP contribution in [0.5, 0.6) is 0 Å². The summed E-state index contributed by atoms with van der Waals surface area (Å²) in [6.45, 7) is 4.76. The van der Waals surface area contributed by atoms with Crippen LogP contribution in [-0.2, 0) is 19.6 Å². The maximum atomic E-state index is 12.8. The summed E-state index contributed by atoms with van der Waals surface area (Å²) in [5, 5.41) is 0. The topological polar surface area (TPSA) is 107 Å². The van der Waals surface area contributed by atoms with Gasteiger partial charge in [0.1, 0.15) is 0 Å². The van der Waals surface area contributed by atoms with E-state index in [0.29, 0.717) is 12.8 Å². The lowest BCUT2D eigenvalue weighted by molar-refractivity contribution is 0.0450. The second-order valence-corrected chi connectivity index (χ2v) is 12.2. The lowest BCUT2D eigenvalue weighted by Crippen LogP contribution is -2.16. The number of hydrogen-bond acceptors (Lipinski definition) is 6. The molecule has 0 aliphatic heterocycles. The van der Waals surface area contributed by atoms with E-state index in [9.17, 15) is 22.6 Å². The van der Waals surface area contributed by atoms with Gasteiger partial charge in [0.05, 0.1) is 29.2 Å². The first-order valence-electron chi connectivity index (χ1n) is 16.1. The van der Waals surface area contributed by atoms with E-state index >= 15 is 0 Å². The Labute approximate surface area is 254 Å². The molecule has 0 aromatic heterocycles. The molecule has 0 saturated carbocycles. The van der Waals surface area contributed by atoms with Gasteiger partial charge in [0.15, 0.2) is 0 Å². The number of hydrogen-bond donors (Lipinski definition) is 1. The van der Waals surface area contributed by atoms with Crippen molar-refractivity contribution in [2.75, 3.05) is 13.2 Å². The molecule has 0 saturated heterocycles. The van der Waals surface area contributed by atoms with Gasteiger partial charge in [-0.1, -0.05) is 89.5 Å². The second kappa shape index (κ2) is 24.0. The van der Waals surface area contributed by atoms with Gasteiger partial charge < -0.3 is 9.47 Å². The highest BCUT2D eigenvalue weighted by Gasteiger charge is 2.23. The third kappa shape index (κ3) is 18.2. The predicted octanol–water partition coefficient (Wildman–Crippen LogP) is 9.42. The molecule has 0 amide bonds. The van der Waals surface area contributed by atoms with Gasteiger partial charge in [-0.25, -0.2) is 9.59 Å². The fourth-order valence-corrected chi connectivity index (χ4v) is 4.95. The molecule has 0 bridgehead atoms. The summed E-state index contributed by atoms with van der Waals surface area (Å²) in [6.07, 6.45) is 28.2. The smallest absolute Gasteiger partial charge is 0.339 e. The molecule has 238 valence electrons. The highest BCUT2D eigenvalue weighted by atomic mass is 32.2. The van der Waals surface area contributed by atoms with Crippen molar-refractivity contribution in [3.8, 4) is 0 Å². The summed E-state index contributed by atoms with van der Waals surface area (Å²) in [6, 6.07) is 3.23. The van der Waals surface area contributed by atoms with Crippen LogP contribution in [0.15, 0.2) is 47.4 Å². The van der Waals surface area contributed by atoms with E-state index in [1.54, 1.807) is 0 Å². The number of unbranched alkanes of at least 4 members (excludes halogenated alkanes) is 14. The minimum atomic E-state index is -4.56. The first kappa shape index (κ1) is 37.6. The number of esters is 2. The van der Waals surface area contributed by atoms with Gasteiger partial charge in [-0.15, -0.1) is 0 Å². The van der Waals surface area contributed by atoms with Crippen molar-refractivity contribution in [1.82, 2.24) is 0 Å². The van der Waals surface area contributed by atoms with Crippen LogP contribution in [0.3, 0.4) is 0 Å². The lowest BCUT2D eigenvalue weighted by atomic mass is 10.1. The molecule has 0 spiro atoms. The Morgan fingerprint density at radius 1 is 0.619 bits per heavy atom. The summed E-state index contributed by atoms with van der Waals surface area (Å²) in [5.74, 6) is -1.54. The van der Waals surface area contributed by atoms with Crippen molar-refractivity contribution in [2.24, 2.45) is 0 Å². The molecule has 0 atom stereocenters. The van der Waals surface area contributed by atoms with Crippen LogP contribution < -0.4 is 0 Å². The first-order chi connectivity index (χ1) is 20.3. The van der Waals surface area contributed by atoms with Gasteiger partial charge in [-0.05, 0) is 82.4 Å². The Hall–Kier alpha value is -2.45. The molecule has 1 aromatic carbocycles. The van der Waals surface area contributed by atoms with Crippen LogP contribution in [0.2, 0.25) is 0 Å². The Morgan fingerprint density at radius 2 is 1.02 bits per heavy atom. The zero-order chi connectivity index (χ0) is 30.9. The number of carbonyl (C=O) groups excluding carboxylic acids is 2. The van der Waals surface area contributed by atoms with E-state index in [1.807, 2.05) is 0 Å². The number of ether oxygens (including phenoxy) is 2. The average molecular weight is 607 g/mol. The van der Waals surface area contributed by atoms with E-state index in [-0.39, 0.29) is 24.3 Å². The van der Waals surface area contributed by atoms with Gasteiger partial charge in [0.25, 0.3) is 10.1 Å². The van der Waals surface area contributed by atoms with Crippen LogP contribution in [0.1, 0.15) is 150 Å². The number of rotatable bonds is 25. The van der Waals surface area contributed by atoms with Crippen molar-refractivity contribution in [2.45, 2.75) is 134 Å². The highest BCUT2D eigenvalue weighted by Crippen LogP contribution is 2.19. The van der Waals surface area contributed by atoms with Crippen LogP contribution >= 0.6 is 0 Å². The zero-order valence-electron chi connectivity index (χ0n) is 26.0. The van der Waals surface area contributed by atoms with E-state index in [0.717, 1.165) is 76.3 Å². The third-order valence-corrected chi connectivity index (χ3v) is 7.86. The molecule has 0 fully saturated rings. The maximum Gasteiger partial charge on any atom is 0.339 e. The standard InChI is InChI=1S/C34H54O7S/c1-3-5-7-9-11-13-15-17-19-21-23-27-40-33(35)31-26-25-30(42(37,38)39)29-32(31)34(36)41-28-24-22-20-18-16-14-12-10-8-6-4-2/h11-14,25-26,29H,3-10,15-24,27-28H2,1-2H3,(H,37,38,39)/b13-11+,14-12+. The SMILES string of the molecule is CCCCC/C=C/CCCCCCOC(=O)c1ccc(S(=O)(=O)O)cc1C(=O)OCCCCCC/C=C/CCCCC. The number of allylic oxidation sites excluding steroid dienone is 4. The van der Waals surface area contributed by atoms with E-state index in [1.165, 1.54) is 44.6 Å². The summed E-state index contributed by atoms with van der Waals surface area (Å²) < 4.78 is 43.4. The van der Waals surface area contributed by atoms with Crippen molar-refractivity contribution < 1.29 is 32.0 Å². The highest BCUT2D eigenvalue weighted by molar-refractivity contribution is 7.85. The van der Waals surface area contributed by atoms with Crippen molar-refractivity contribution in [3.63, 3.8) is 0 Å². The molecule has 0 radical (unpaired) electrons. The molecule has 8 heteroatoms. The fourth-order valence-electron chi connectivity index (χ4n) is 4.45. The molecular weight excluding hydrogens is 552 g/mol. The van der Waals surface area contributed by atoms with Gasteiger partial charge in [-0.3, -0.25) is 4.55 Å². The monoisotopic (exact) mass is 606 g/mol. The average Bonchev–Trinajstić information content (AvgIpc) is 2.97. The normalized spacial score (nSPS) is 11.9. The molecule has 42 heavy (non-hydrogen) atoms. The summed E-state index contributed by atoms with van der Waals surface area (Å²) in [4.78, 5) is 25.0. The third-order valence-electron chi connectivity index (χ3n) is 7.01. The van der Waals surface area contributed by atoms with E-state index in [4.69, 9.17) is 9.47 Å². The minimum absolute atomic E-state index is 0.0775. The number of carbonyl (C=O) groups is 2. The maximum absolute atomic E-state index is 12.8. The van der Waals surface area contributed by atoms with E-state index in [2.05, 4.69) is 38.2 Å². The predicted molar refractivity (Wildman–Crippen MR) is 170 cm³/mol. The Kier molecular flexibility index (Phi) is 21.5. The molecule has 0 aliphatic carbocycles. The van der Waals surface area contributed by atoms with Crippen LogP contribution in [0.25, 0.3) is 0 Å². The number of benzene rings is 1.